The Morgan fingerprint density at radius 1 is 1.24 bits per heavy atom. The summed E-state index contributed by atoms with van der Waals surface area (Å²) in [7, 11) is 0. The van der Waals surface area contributed by atoms with E-state index in [-0.39, 0.29) is 21.9 Å². The Kier molecular flexibility index (Phi) is 3.48. The maximum Gasteiger partial charge on any atom is 0.255 e. The maximum atomic E-state index is 12.2. The standard InChI is InChI=1S/C13H8Cl2N4O2/c14-11-10(12(15)17-5-16-11)19-13(21)7-2-1-6-4-9(20)18-8(6)3-7/h1-3,5H,4H2,(H,18,20)(H,19,21). The number of fused-ring (bicyclic) bond motifs is 1. The van der Waals surface area contributed by atoms with Gasteiger partial charge in [0.2, 0.25) is 5.91 Å². The van der Waals surface area contributed by atoms with Crippen LogP contribution in [0.25, 0.3) is 0 Å². The lowest BCUT2D eigenvalue weighted by molar-refractivity contribution is -0.115. The van der Waals surface area contributed by atoms with E-state index in [1.165, 1.54) is 6.33 Å². The van der Waals surface area contributed by atoms with Crippen LogP contribution in [0.2, 0.25) is 10.3 Å². The number of benzene rings is 1. The van der Waals surface area contributed by atoms with Gasteiger partial charge in [-0.15, -0.1) is 0 Å². The number of anilines is 2. The zero-order chi connectivity index (χ0) is 15.0. The number of nitrogens with one attached hydrogen (secondary N) is 2. The van der Waals surface area contributed by atoms with Crippen LogP contribution in [0.5, 0.6) is 0 Å². The minimum atomic E-state index is -0.419. The molecule has 1 aliphatic heterocycles. The van der Waals surface area contributed by atoms with Gasteiger partial charge in [-0.2, -0.15) is 0 Å². The molecule has 0 fully saturated rings. The molecule has 0 atom stereocenters. The first-order chi connectivity index (χ1) is 10.0. The molecule has 0 spiro atoms. The molecule has 0 unspecified atom stereocenters. The van der Waals surface area contributed by atoms with Gasteiger partial charge in [0.25, 0.3) is 5.91 Å². The van der Waals surface area contributed by atoms with E-state index in [9.17, 15) is 9.59 Å². The largest absolute Gasteiger partial charge is 0.326 e. The van der Waals surface area contributed by atoms with Gasteiger partial charge < -0.3 is 10.6 Å². The Labute approximate surface area is 129 Å². The minimum Gasteiger partial charge on any atom is -0.326 e. The van der Waals surface area contributed by atoms with Crippen molar-refractivity contribution in [1.82, 2.24) is 9.97 Å². The first kappa shape index (κ1) is 13.8. The van der Waals surface area contributed by atoms with Crippen molar-refractivity contribution in [2.24, 2.45) is 0 Å². The van der Waals surface area contributed by atoms with Crippen LogP contribution in [-0.4, -0.2) is 21.8 Å². The third-order valence-corrected chi connectivity index (χ3v) is 3.56. The zero-order valence-corrected chi connectivity index (χ0v) is 12.0. The third kappa shape index (κ3) is 2.68. The summed E-state index contributed by atoms with van der Waals surface area (Å²) in [6.07, 6.45) is 1.52. The molecule has 2 heterocycles. The van der Waals surface area contributed by atoms with E-state index in [0.29, 0.717) is 17.7 Å². The molecule has 6 nitrogen and oxygen atoms in total. The average molecular weight is 323 g/mol. The fourth-order valence-corrected chi connectivity index (χ4v) is 2.40. The number of amides is 2. The van der Waals surface area contributed by atoms with Gasteiger partial charge in [-0.05, 0) is 17.7 Å². The van der Waals surface area contributed by atoms with Crippen LogP contribution in [0.15, 0.2) is 24.5 Å². The molecule has 3 rings (SSSR count). The summed E-state index contributed by atoms with van der Waals surface area (Å²) in [5.74, 6) is -0.511. The van der Waals surface area contributed by atoms with Crippen molar-refractivity contribution in [1.29, 1.82) is 0 Å². The summed E-state index contributed by atoms with van der Waals surface area (Å²) >= 11 is 11.7. The first-order valence-electron chi connectivity index (χ1n) is 5.94. The van der Waals surface area contributed by atoms with Gasteiger partial charge in [0.15, 0.2) is 10.3 Å². The SMILES string of the molecule is O=C1Cc2ccc(C(=O)Nc3c(Cl)ncnc3Cl)cc2N1. The third-order valence-electron chi connectivity index (χ3n) is 2.99. The van der Waals surface area contributed by atoms with E-state index in [4.69, 9.17) is 23.2 Å². The molecule has 21 heavy (non-hydrogen) atoms. The molecular formula is C13H8Cl2N4O2. The van der Waals surface area contributed by atoms with E-state index in [1.54, 1.807) is 18.2 Å². The normalized spacial score (nSPS) is 12.8. The van der Waals surface area contributed by atoms with Crippen molar-refractivity contribution in [2.75, 3.05) is 10.6 Å². The number of halogens is 2. The van der Waals surface area contributed by atoms with Crippen LogP contribution in [0.4, 0.5) is 11.4 Å². The van der Waals surface area contributed by atoms with Crippen LogP contribution in [0, 0.1) is 0 Å². The number of carbonyl (C=O) groups excluding carboxylic acids is 2. The van der Waals surface area contributed by atoms with Crippen LogP contribution in [0.3, 0.4) is 0 Å². The molecular weight excluding hydrogens is 315 g/mol. The summed E-state index contributed by atoms with van der Waals surface area (Å²) < 4.78 is 0. The lowest BCUT2D eigenvalue weighted by atomic mass is 10.1. The van der Waals surface area contributed by atoms with Gasteiger partial charge in [0.05, 0.1) is 6.42 Å². The van der Waals surface area contributed by atoms with Crippen LogP contribution in [-0.2, 0) is 11.2 Å². The predicted molar refractivity (Wildman–Crippen MR) is 78.8 cm³/mol. The molecule has 2 aromatic rings. The molecule has 0 aliphatic carbocycles. The molecule has 0 saturated heterocycles. The Morgan fingerprint density at radius 2 is 1.95 bits per heavy atom. The van der Waals surface area contributed by atoms with Crippen molar-refractivity contribution in [3.63, 3.8) is 0 Å². The second-order valence-corrected chi connectivity index (χ2v) is 5.10. The van der Waals surface area contributed by atoms with Gasteiger partial charge >= 0.3 is 0 Å². The Bertz CT molecular complexity index is 744. The highest BCUT2D eigenvalue weighted by Gasteiger charge is 2.20. The van der Waals surface area contributed by atoms with Gasteiger partial charge in [-0.3, -0.25) is 9.59 Å². The Balaban J connectivity index is 1.87. The molecule has 8 heteroatoms. The fourth-order valence-electron chi connectivity index (χ4n) is 1.99. The van der Waals surface area contributed by atoms with Gasteiger partial charge in [-0.25, -0.2) is 9.97 Å². The minimum absolute atomic E-state index is 0.0535. The molecule has 2 amide bonds. The lowest BCUT2D eigenvalue weighted by Crippen LogP contribution is -2.13. The van der Waals surface area contributed by atoms with E-state index in [1.807, 2.05) is 0 Å². The Hall–Kier alpha value is -2.18. The van der Waals surface area contributed by atoms with Crippen molar-refractivity contribution < 1.29 is 9.59 Å². The van der Waals surface area contributed by atoms with Crippen LogP contribution >= 0.6 is 23.2 Å². The number of hydrogen-bond acceptors (Lipinski definition) is 4. The molecule has 0 saturated carbocycles. The van der Waals surface area contributed by atoms with Gasteiger partial charge in [0.1, 0.15) is 12.0 Å². The zero-order valence-electron chi connectivity index (χ0n) is 10.5. The summed E-state index contributed by atoms with van der Waals surface area (Å²) in [5, 5.41) is 5.35. The fraction of sp³-hybridized carbons (Fsp3) is 0.0769. The number of carbonyl (C=O) groups is 2. The number of nitrogens with zero attached hydrogens (tertiary/aromatic N) is 2. The van der Waals surface area contributed by atoms with Crippen LogP contribution < -0.4 is 10.6 Å². The highest BCUT2D eigenvalue weighted by Crippen LogP contribution is 2.28. The summed E-state index contributed by atoms with van der Waals surface area (Å²) in [4.78, 5) is 31.0. The monoisotopic (exact) mass is 322 g/mol. The van der Waals surface area contributed by atoms with Crippen molar-refractivity contribution in [3.05, 3.63) is 46.0 Å². The summed E-state index contributed by atoms with van der Waals surface area (Å²) in [6, 6.07) is 4.95. The van der Waals surface area contributed by atoms with Crippen molar-refractivity contribution in [3.8, 4) is 0 Å². The molecule has 1 aliphatic rings. The first-order valence-corrected chi connectivity index (χ1v) is 6.70. The summed E-state index contributed by atoms with van der Waals surface area (Å²) in [5.41, 5.74) is 2.01. The quantitative estimate of drug-likeness (QED) is 0.832. The van der Waals surface area contributed by atoms with E-state index < -0.39 is 5.91 Å². The highest BCUT2D eigenvalue weighted by atomic mass is 35.5. The molecule has 1 aromatic carbocycles. The van der Waals surface area contributed by atoms with Crippen molar-refractivity contribution >= 4 is 46.4 Å². The van der Waals surface area contributed by atoms with Gasteiger partial charge in [-0.1, -0.05) is 29.3 Å². The predicted octanol–water partition coefficient (Wildman–Crippen LogP) is 2.53. The maximum absolute atomic E-state index is 12.2. The second kappa shape index (κ2) is 5.31. The topological polar surface area (TPSA) is 84.0 Å². The average Bonchev–Trinajstić information content (AvgIpc) is 2.81. The lowest BCUT2D eigenvalue weighted by Gasteiger charge is -2.08. The second-order valence-electron chi connectivity index (χ2n) is 4.38. The van der Waals surface area contributed by atoms with Crippen molar-refractivity contribution in [2.45, 2.75) is 6.42 Å². The molecule has 0 radical (unpaired) electrons. The van der Waals surface area contributed by atoms with E-state index in [2.05, 4.69) is 20.6 Å². The number of rotatable bonds is 2. The van der Waals surface area contributed by atoms with Crippen LogP contribution in [0.1, 0.15) is 15.9 Å². The summed E-state index contributed by atoms with van der Waals surface area (Å²) in [6.45, 7) is 0. The van der Waals surface area contributed by atoms with E-state index in [0.717, 1.165) is 5.56 Å². The van der Waals surface area contributed by atoms with Gasteiger partial charge in [0, 0.05) is 11.3 Å². The molecule has 106 valence electrons. The molecule has 0 bridgehead atoms. The highest BCUT2D eigenvalue weighted by molar-refractivity contribution is 6.38. The molecule has 2 N–H and O–H groups in total. The number of aromatic nitrogens is 2. The number of hydrogen-bond donors (Lipinski definition) is 2. The smallest absolute Gasteiger partial charge is 0.255 e. The molecule has 1 aromatic heterocycles. The van der Waals surface area contributed by atoms with E-state index >= 15 is 0 Å². The Morgan fingerprint density at radius 3 is 2.67 bits per heavy atom.